The number of nitrogens with one attached hydrogen (secondary N) is 1. The molecule has 0 bridgehead atoms. The van der Waals surface area contributed by atoms with E-state index < -0.39 is 6.10 Å². The van der Waals surface area contributed by atoms with Crippen LogP contribution in [-0.2, 0) is 17.8 Å². The van der Waals surface area contributed by atoms with E-state index in [0.717, 1.165) is 29.0 Å². The lowest BCUT2D eigenvalue weighted by Crippen LogP contribution is -2.36. The standard InChI is InChI=1S/C20H25NO3/c1-4-16-10-6-9-13-19(16)24-15(3)20(22)21-14-17-11-7-8-12-18(17)23-5-2/h6-13,15H,4-5,14H2,1-3H3,(H,21,22)/t15-/m1/s1. The summed E-state index contributed by atoms with van der Waals surface area (Å²) >= 11 is 0. The molecule has 0 aliphatic rings. The Bertz CT molecular complexity index is 669. The van der Waals surface area contributed by atoms with E-state index in [1.54, 1.807) is 6.92 Å². The molecule has 0 unspecified atom stereocenters. The average Bonchev–Trinajstić information content (AvgIpc) is 2.61. The van der Waals surface area contributed by atoms with Gasteiger partial charge in [-0.15, -0.1) is 0 Å². The fraction of sp³-hybridized carbons (Fsp3) is 0.350. The fourth-order valence-electron chi connectivity index (χ4n) is 2.43. The van der Waals surface area contributed by atoms with Gasteiger partial charge in [0.1, 0.15) is 11.5 Å². The van der Waals surface area contributed by atoms with Gasteiger partial charge in [0.2, 0.25) is 0 Å². The number of hydrogen-bond donors (Lipinski definition) is 1. The van der Waals surface area contributed by atoms with Crippen molar-refractivity contribution in [2.24, 2.45) is 0 Å². The first-order chi connectivity index (χ1) is 11.7. The summed E-state index contributed by atoms with van der Waals surface area (Å²) in [5.41, 5.74) is 2.05. The van der Waals surface area contributed by atoms with Crippen LogP contribution in [0.4, 0.5) is 0 Å². The van der Waals surface area contributed by atoms with Crippen LogP contribution >= 0.6 is 0 Å². The molecule has 0 fully saturated rings. The van der Waals surface area contributed by atoms with Gasteiger partial charge in [-0.05, 0) is 38.0 Å². The van der Waals surface area contributed by atoms with Crippen molar-refractivity contribution in [3.05, 3.63) is 59.7 Å². The number of para-hydroxylation sites is 2. The molecule has 24 heavy (non-hydrogen) atoms. The zero-order valence-corrected chi connectivity index (χ0v) is 14.5. The van der Waals surface area contributed by atoms with Crippen LogP contribution in [0.3, 0.4) is 0 Å². The Hall–Kier alpha value is -2.49. The second-order valence-corrected chi connectivity index (χ2v) is 5.48. The zero-order chi connectivity index (χ0) is 17.4. The maximum absolute atomic E-state index is 12.3. The number of hydrogen-bond acceptors (Lipinski definition) is 3. The van der Waals surface area contributed by atoms with Gasteiger partial charge in [-0.25, -0.2) is 0 Å². The van der Waals surface area contributed by atoms with E-state index in [1.807, 2.05) is 55.5 Å². The van der Waals surface area contributed by atoms with Crippen molar-refractivity contribution in [2.45, 2.75) is 39.8 Å². The molecule has 4 heteroatoms. The SMILES string of the molecule is CCOc1ccccc1CNC(=O)[C@@H](C)Oc1ccccc1CC. The minimum Gasteiger partial charge on any atom is -0.494 e. The maximum atomic E-state index is 12.3. The number of aryl methyl sites for hydroxylation is 1. The first-order valence-electron chi connectivity index (χ1n) is 8.38. The monoisotopic (exact) mass is 327 g/mol. The predicted octanol–water partition coefficient (Wildman–Crippen LogP) is 3.73. The third kappa shape index (κ3) is 4.75. The third-order valence-electron chi connectivity index (χ3n) is 3.75. The van der Waals surface area contributed by atoms with Gasteiger partial charge in [0.05, 0.1) is 6.61 Å². The molecule has 0 aromatic heterocycles. The molecule has 2 aromatic rings. The highest BCUT2D eigenvalue weighted by Gasteiger charge is 2.16. The van der Waals surface area contributed by atoms with E-state index in [2.05, 4.69) is 12.2 Å². The number of benzene rings is 2. The summed E-state index contributed by atoms with van der Waals surface area (Å²) in [6.07, 6.45) is 0.309. The molecule has 0 heterocycles. The Kier molecular flexibility index (Phi) is 6.67. The second-order valence-electron chi connectivity index (χ2n) is 5.48. The van der Waals surface area contributed by atoms with Gasteiger partial charge in [-0.2, -0.15) is 0 Å². The smallest absolute Gasteiger partial charge is 0.261 e. The van der Waals surface area contributed by atoms with Crippen LogP contribution < -0.4 is 14.8 Å². The van der Waals surface area contributed by atoms with Crippen LogP contribution in [0.5, 0.6) is 11.5 Å². The summed E-state index contributed by atoms with van der Waals surface area (Å²) in [6, 6.07) is 15.5. The van der Waals surface area contributed by atoms with Crippen LogP contribution in [0.1, 0.15) is 31.9 Å². The van der Waals surface area contributed by atoms with Crippen molar-refractivity contribution < 1.29 is 14.3 Å². The van der Waals surface area contributed by atoms with Crippen LogP contribution in [0, 0.1) is 0 Å². The van der Waals surface area contributed by atoms with Gasteiger partial charge >= 0.3 is 0 Å². The van der Waals surface area contributed by atoms with Gasteiger partial charge in [0.15, 0.2) is 6.10 Å². The summed E-state index contributed by atoms with van der Waals surface area (Å²) in [7, 11) is 0. The highest BCUT2D eigenvalue weighted by atomic mass is 16.5. The van der Waals surface area contributed by atoms with E-state index in [0.29, 0.717) is 13.2 Å². The molecular weight excluding hydrogens is 302 g/mol. The van der Waals surface area contributed by atoms with Crippen LogP contribution in [0.15, 0.2) is 48.5 Å². The predicted molar refractivity (Wildman–Crippen MR) is 95.4 cm³/mol. The highest BCUT2D eigenvalue weighted by molar-refractivity contribution is 5.80. The fourth-order valence-corrected chi connectivity index (χ4v) is 2.43. The highest BCUT2D eigenvalue weighted by Crippen LogP contribution is 2.20. The Balaban J connectivity index is 1.95. The van der Waals surface area contributed by atoms with Crippen molar-refractivity contribution >= 4 is 5.91 Å². The average molecular weight is 327 g/mol. The van der Waals surface area contributed by atoms with E-state index >= 15 is 0 Å². The summed E-state index contributed by atoms with van der Waals surface area (Å²) in [6.45, 7) is 6.78. The van der Waals surface area contributed by atoms with E-state index in [4.69, 9.17) is 9.47 Å². The van der Waals surface area contributed by atoms with Crippen LogP contribution in [-0.4, -0.2) is 18.6 Å². The summed E-state index contributed by atoms with van der Waals surface area (Å²) in [4.78, 5) is 12.3. The number of rotatable bonds is 8. The number of amides is 1. The van der Waals surface area contributed by atoms with Gasteiger partial charge in [-0.1, -0.05) is 43.3 Å². The Labute approximate surface area is 143 Å². The van der Waals surface area contributed by atoms with Crippen molar-refractivity contribution in [2.75, 3.05) is 6.61 Å². The zero-order valence-electron chi connectivity index (χ0n) is 14.5. The number of ether oxygens (including phenoxy) is 2. The maximum Gasteiger partial charge on any atom is 0.261 e. The van der Waals surface area contributed by atoms with Crippen LogP contribution in [0.25, 0.3) is 0 Å². The molecule has 0 aliphatic heterocycles. The minimum absolute atomic E-state index is 0.146. The molecule has 0 radical (unpaired) electrons. The quantitative estimate of drug-likeness (QED) is 0.803. The van der Waals surface area contributed by atoms with Crippen molar-refractivity contribution in [3.63, 3.8) is 0 Å². The van der Waals surface area contributed by atoms with Crippen molar-refractivity contribution in [3.8, 4) is 11.5 Å². The first kappa shape index (κ1) is 17.9. The molecule has 0 aliphatic carbocycles. The van der Waals surface area contributed by atoms with Gasteiger partial charge in [0.25, 0.3) is 5.91 Å². The summed E-state index contributed by atoms with van der Waals surface area (Å²) in [5.74, 6) is 1.41. The van der Waals surface area contributed by atoms with Gasteiger partial charge < -0.3 is 14.8 Å². The van der Waals surface area contributed by atoms with Crippen molar-refractivity contribution in [1.29, 1.82) is 0 Å². The molecule has 4 nitrogen and oxygen atoms in total. The molecule has 128 valence electrons. The molecular formula is C20H25NO3. The Morgan fingerprint density at radius 3 is 2.29 bits per heavy atom. The van der Waals surface area contributed by atoms with Crippen LogP contribution in [0.2, 0.25) is 0 Å². The second kappa shape index (κ2) is 8.96. The lowest BCUT2D eigenvalue weighted by Gasteiger charge is -2.17. The molecule has 1 amide bonds. The minimum atomic E-state index is -0.558. The Morgan fingerprint density at radius 1 is 1.00 bits per heavy atom. The van der Waals surface area contributed by atoms with Crippen molar-refractivity contribution in [1.82, 2.24) is 5.32 Å². The molecule has 2 rings (SSSR count). The molecule has 0 spiro atoms. The lowest BCUT2D eigenvalue weighted by atomic mass is 10.1. The Morgan fingerprint density at radius 2 is 1.62 bits per heavy atom. The molecule has 2 aromatic carbocycles. The van der Waals surface area contributed by atoms with E-state index in [-0.39, 0.29) is 5.91 Å². The van der Waals surface area contributed by atoms with Gasteiger partial charge in [-0.3, -0.25) is 4.79 Å². The van der Waals surface area contributed by atoms with Gasteiger partial charge in [0, 0.05) is 12.1 Å². The number of carbonyl (C=O) groups excluding carboxylic acids is 1. The molecule has 1 N–H and O–H groups in total. The lowest BCUT2D eigenvalue weighted by molar-refractivity contribution is -0.127. The molecule has 1 atom stereocenters. The largest absolute Gasteiger partial charge is 0.494 e. The third-order valence-corrected chi connectivity index (χ3v) is 3.75. The first-order valence-corrected chi connectivity index (χ1v) is 8.38. The molecule has 0 saturated carbocycles. The normalized spacial score (nSPS) is 11.6. The van der Waals surface area contributed by atoms with E-state index in [9.17, 15) is 4.79 Å². The van der Waals surface area contributed by atoms with E-state index in [1.165, 1.54) is 0 Å². The number of carbonyl (C=O) groups is 1. The molecule has 0 saturated heterocycles. The summed E-state index contributed by atoms with van der Waals surface area (Å²) < 4.78 is 11.4. The summed E-state index contributed by atoms with van der Waals surface area (Å²) in [5, 5.41) is 2.91. The topological polar surface area (TPSA) is 47.6 Å².